The SMILES string of the molecule is Clc1ccc(Sc2cc[c]cc2)cc1. The number of rotatable bonds is 2. The predicted octanol–water partition coefficient (Wildman–Crippen LogP) is 4.29. The summed E-state index contributed by atoms with van der Waals surface area (Å²) in [5, 5.41) is 0.774. The fraction of sp³-hybridized carbons (Fsp3) is 0. The molecule has 1 radical (unpaired) electrons. The van der Waals surface area contributed by atoms with Crippen LogP contribution in [0.15, 0.2) is 58.3 Å². The van der Waals surface area contributed by atoms with E-state index < -0.39 is 0 Å². The van der Waals surface area contributed by atoms with Crippen molar-refractivity contribution in [2.24, 2.45) is 0 Å². The minimum absolute atomic E-state index is 0.774. The van der Waals surface area contributed by atoms with Crippen LogP contribution >= 0.6 is 23.4 Å². The van der Waals surface area contributed by atoms with Gasteiger partial charge in [0.1, 0.15) is 0 Å². The Balaban J connectivity index is 2.16. The molecule has 2 heteroatoms. The molecule has 0 fully saturated rings. The first kappa shape index (κ1) is 9.63. The summed E-state index contributed by atoms with van der Waals surface area (Å²) in [5.41, 5.74) is 0. The average molecular weight is 220 g/mol. The van der Waals surface area contributed by atoms with E-state index in [1.165, 1.54) is 9.79 Å². The van der Waals surface area contributed by atoms with Gasteiger partial charge in [-0.05, 0) is 42.5 Å². The normalized spacial score (nSPS) is 10.1. The maximum atomic E-state index is 5.80. The third-order valence-corrected chi connectivity index (χ3v) is 3.00. The molecule has 0 aliphatic carbocycles. The van der Waals surface area contributed by atoms with Crippen LogP contribution in [0.25, 0.3) is 0 Å². The summed E-state index contributed by atoms with van der Waals surface area (Å²) < 4.78 is 0. The lowest BCUT2D eigenvalue weighted by Gasteiger charge is -2.00. The summed E-state index contributed by atoms with van der Waals surface area (Å²) in [5.74, 6) is 0. The van der Waals surface area contributed by atoms with Crippen LogP contribution in [0.4, 0.5) is 0 Å². The Morgan fingerprint density at radius 2 is 1.43 bits per heavy atom. The van der Waals surface area contributed by atoms with Crippen molar-refractivity contribution < 1.29 is 0 Å². The maximum absolute atomic E-state index is 5.80. The predicted molar refractivity (Wildman–Crippen MR) is 60.9 cm³/mol. The average Bonchev–Trinajstić information content (AvgIpc) is 2.23. The lowest BCUT2D eigenvalue weighted by Crippen LogP contribution is -1.72. The van der Waals surface area contributed by atoms with Crippen LogP contribution in [0, 0.1) is 6.07 Å². The quantitative estimate of drug-likeness (QED) is 0.726. The van der Waals surface area contributed by atoms with Gasteiger partial charge in [-0.2, -0.15) is 0 Å². The highest BCUT2D eigenvalue weighted by Gasteiger charge is 1.95. The van der Waals surface area contributed by atoms with Gasteiger partial charge >= 0.3 is 0 Å². The monoisotopic (exact) mass is 219 g/mol. The molecule has 69 valence electrons. The van der Waals surface area contributed by atoms with Crippen molar-refractivity contribution in [1.29, 1.82) is 0 Å². The Bertz CT molecular complexity index is 394. The minimum Gasteiger partial charge on any atom is -0.0901 e. The first-order chi connectivity index (χ1) is 6.84. The number of halogens is 1. The Kier molecular flexibility index (Phi) is 3.12. The van der Waals surface area contributed by atoms with Gasteiger partial charge in [-0.1, -0.05) is 35.5 Å². The van der Waals surface area contributed by atoms with E-state index in [4.69, 9.17) is 11.6 Å². The van der Waals surface area contributed by atoms with Gasteiger partial charge in [-0.3, -0.25) is 0 Å². The second-order valence-electron chi connectivity index (χ2n) is 2.79. The van der Waals surface area contributed by atoms with Crippen molar-refractivity contribution in [3.8, 4) is 0 Å². The molecule has 2 rings (SSSR count). The first-order valence-corrected chi connectivity index (χ1v) is 5.43. The van der Waals surface area contributed by atoms with E-state index in [1.807, 2.05) is 48.5 Å². The standard InChI is InChI=1S/C12H8ClS/c13-10-6-8-12(9-7-10)14-11-4-2-1-3-5-11/h2-9H. The van der Waals surface area contributed by atoms with Gasteiger partial charge in [-0.25, -0.2) is 0 Å². The van der Waals surface area contributed by atoms with Crippen LogP contribution in [-0.4, -0.2) is 0 Å². The third kappa shape index (κ3) is 2.53. The highest BCUT2D eigenvalue weighted by molar-refractivity contribution is 7.99. The molecule has 2 aromatic rings. The Morgan fingerprint density at radius 1 is 0.857 bits per heavy atom. The molecule has 0 nitrogen and oxygen atoms in total. The number of hydrogen-bond donors (Lipinski definition) is 0. The van der Waals surface area contributed by atoms with E-state index in [9.17, 15) is 0 Å². The van der Waals surface area contributed by atoms with Crippen LogP contribution in [0.5, 0.6) is 0 Å². The molecule has 0 N–H and O–H groups in total. The minimum atomic E-state index is 0.774. The molecular formula is C12H8ClS. The van der Waals surface area contributed by atoms with E-state index in [1.54, 1.807) is 11.8 Å². The second kappa shape index (κ2) is 4.54. The molecule has 14 heavy (non-hydrogen) atoms. The lowest BCUT2D eigenvalue weighted by atomic mass is 10.4. The van der Waals surface area contributed by atoms with Crippen LogP contribution in [0.3, 0.4) is 0 Å². The van der Waals surface area contributed by atoms with Crippen molar-refractivity contribution in [1.82, 2.24) is 0 Å². The maximum Gasteiger partial charge on any atom is 0.0406 e. The molecule has 0 aliphatic rings. The fourth-order valence-electron chi connectivity index (χ4n) is 1.08. The Labute approximate surface area is 92.9 Å². The van der Waals surface area contributed by atoms with E-state index in [0.717, 1.165) is 5.02 Å². The molecule has 0 spiro atoms. The zero-order valence-corrected chi connectivity index (χ0v) is 8.98. The van der Waals surface area contributed by atoms with Gasteiger partial charge in [0.05, 0.1) is 0 Å². The summed E-state index contributed by atoms with van der Waals surface area (Å²) in [6, 6.07) is 18.7. The molecule has 0 heterocycles. The van der Waals surface area contributed by atoms with E-state index in [0.29, 0.717) is 0 Å². The van der Waals surface area contributed by atoms with Crippen LogP contribution in [-0.2, 0) is 0 Å². The molecule has 0 amide bonds. The molecule has 0 bridgehead atoms. The Hall–Kier alpha value is -0.920. The smallest absolute Gasteiger partial charge is 0.0406 e. The Morgan fingerprint density at radius 3 is 2.07 bits per heavy atom. The van der Waals surface area contributed by atoms with Crippen molar-refractivity contribution in [2.45, 2.75) is 9.79 Å². The molecule has 0 atom stereocenters. The van der Waals surface area contributed by atoms with Gasteiger partial charge in [0, 0.05) is 14.8 Å². The van der Waals surface area contributed by atoms with Crippen LogP contribution in [0.2, 0.25) is 5.02 Å². The van der Waals surface area contributed by atoms with E-state index in [2.05, 4.69) is 6.07 Å². The summed E-state index contributed by atoms with van der Waals surface area (Å²) in [4.78, 5) is 2.41. The van der Waals surface area contributed by atoms with Crippen LogP contribution in [0.1, 0.15) is 0 Å². The van der Waals surface area contributed by atoms with Gasteiger partial charge in [0.25, 0.3) is 0 Å². The summed E-state index contributed by atoms with van der Waals surface area (Å²) in [6.45, 7) is 0. The number of hydrogen-bond acceptors (Lipinski definition) is 1. The van der Waals surface area contributed by atoms with E-state index in [-0.39, 0.29) is 0 Å². The van der Waals surface area contributed by atoms with Crippen molar-refractivity contribution >= 4 is 23.4 Å². The largest absolute Gasteiger partial charge is 0.0901 e. The molecule has 0 aromatic heterocycles. The summed E-state index contributed by atoms with van der Waals surface area (Å²) in [6.07, 6.45) is 0. The zero-order valence-electron chi connectivity index (χ0n) is 7.41. The molecule has 0 aliphatic heterocycles. The fourth-order valence-corrected chi connectivity index (χ4v) is 2.02. The summed E-state index contributed by atoms with van der Waals surface area (Å²) in [7, 11) is 0. The van der Waals surface area contributed by atoms with Crippen LogP contribution < -0.4 is 0 Å². The van der Waals surface area contributed by atoms with Gasteiger partial charge in [0.15, 0.2) is 0 Å². The van der Waals surface area contributed by atoms with Crippen molar-refractivity contribution in [2.75, 3.05) is 0 Å². The van der Waals surface area contributed by atoms with Gasteiger partial charge < -0.3 is 0 Å². The summed E-state index contributed by atoms with van der Waals surface area (Å²) >= 11 is 7.52. The molecular weight excluding hydrogens is 212 g/mol. The van der Waals surface area contributed by atoms with E-state index >= 15 is 0 Å². The molecule has 2 aromatic carbocycles. The van der Waals surface area contributed by atoms with Crippen molar-refractivity contribution in [3.63, 3.8) is 0 Å². The van der Waals surface area contributed by atoms with Gasteiger partial charge in [-0.15, -0.1) is 0 Å². The topological polar surface area (TPSA) is 0 Å². The third-order valence-electron chi connectivity index (χ3n) is 1.74. The zero-order chi connectivity index (χ0) is 9.80. The highest BCUT2D eigenvalue weighted by atomic mass is 35.5. The molecule has 0 unspecified atom stereocenters. The second-order valence-corrected chi connectivity index (χ2v) is 4.38. The van der Waals surface area contributed by atoms with Crippen molar-refractivity contribution in [3.05, 3.63) is 59.6 Å². The molecule has 0 saturated carbocycles. The van der Waals surface area contributed by atoms with Gasteiger partial charge in [0.2, 0.25) is 0 Å². The number of benzene rings is 2. The first-order valence-electron chi connectivity index (χ1n) is 4.24. The highest BCUT2D eigenvalue weighted by Crippen LogP contribution is 2.27. The lowest BCUT2D eigenvalue weighted by molar-refractivity contribution is 1.40. The molecule has 0 saturated heterocycles.